The molecule has 0 saturated heterocycles. The van der Waals surface area contributed by atoms with Crippen LogP contribution in [0.3, 0.4) is 0 Å². The summed E-state index contributed by atoms with van der Waals surface area (Å²) in [5.74, 6) is 0.353. The number of sulfone groups is 1. The van der Waals surface area contributed by atoms with Crippen LogP contribution < -0.4 is 4.74 Å². The molecule has 0 bridgehead atoms. The molecule has 0 heterocycles. The molecule has 1 atom stereocenters. The first-order valence-corrected chi connectivity index (χ1v) is 6.90. The zero-order chi connectivity index (χ0) is 13.6. The molecule has 0 radical (unpaired) electrons. The summed E-state index contributed by atoms with van der Waals surface area (Å²) in [7, 11) is -3.25. The molecule has 18 heavy (non-hydrogen) atoms. The van der Waals surface area contributed by atoms with Gasteiger partial charge >= 0.3 is 0 Å². The van der Waals surface area contributed by atoms with E-state index in [0.717, 1.165) is 6.26 Å². The summed E-state index contributed by atoms with van der Waals surface area (Å²) in [6, 6.07) is 5.64. The van der Waals surface area contributed by atoms with Gasteiger partial charge in [-0.15, -0.1) is 0 Å². The summed E-state index contributed by atoms with van der Waals surface area (Å²) < 4.78 is 40.5. The van der Waals surface area contributed by atoms with Crippen LogP contribution in [0.25, 0.3) is 10.4 Å². The first-order chi connectivity index (χ1) is 8.43. The molecule has 1 aromatic rings. The van der Waals surface area contributed by atoms with Crippen LogP contribution in [0.5, 0.6) is 5.75 Å². The Kier molecular flexibility index (Phi) is 4.94. The van der Waals surface area contributed by atoms with E-state index in [0.29, 0.717) is 5.75 Å². The average molecular weight is 273 g/mol. The molecule has 0 spiro atoms. The van der Waals surface area contributed by atoms with Gasteiger partial charge in [0.15, 0.2) is 9.84 Å². The van der Waals surface area contributed by atoms with Crippen molar-refractivity contribution in [3.05, 3.63) is 34.7 Å². The van der Waals surface area contributed by atoms with E-state index in [9.17, 15) is 12.8 Å². The number of nitrogens with zero attached hydrogens (tertiary/aromatic N) is 3. The number of hydrogen-bond acceptors (Lipinski definition) is 4. The molecule has 1 rings (SSSR count). The van der Waals surface area contributed by atoms with E-state index in [1.54, 1.807) is 0 Å². The van der Waals surface area contributed by atoms with Crippen LogP contribution in [-0.4, -0.2) is 34.0 Å². The lowest BCUT2D eigenvalue weighted by Gasteiger charge is -2.08. The third kappa shape index (κ3) is 4.60. The van der Waals surface area contributed by atoms with E-state index in [-0.39, 0.29) is 18.0 Å². The van der Waals surface area contributed by atoms with Crippen molar-refractivity contribution in [1.82, 2.24) is 0 Å². The van der Waals surface area contributed by atoms with Gasteiger partial charge in [-0.3, -0.25) is 0 Å². The highest BCUT2D eigenvalue weighted by Crippen LogP contribution is 2.16. The van der Waals surface area contributed by atoms with E-state index in [1.165, 1.54) is 24.3 Å². The number of ether oxygens (including phenoxy) is 1. The Balaban J connectivity index is 2.57. The Morgan fingerprint density at radius 1 is 1.44 bits per heavy atom. The Hall–Kier alpha value is -1.79. The predicted molar refractivity (Wildman–Crippen MR) is 64.0 cm³/mol. The summed E-state index contributed by atoms with van der Waals surface area (Å²) in [5, 5.41) is 3.08. The maximum atomic E-state index is 13.1. The standard InChI is InChI=1S/C10H12FN3O3S/c1-18(15,16)10-4-2-9(3-5-10)17-7-8(11)6-13-14-12/h2-5,8H,6-7H2,1H3/t8-/m0/s1. The third-order valence-electron chi connectivity index (χ3n) is 2.03. The summed E-state index contributed by atoms with van der Waals surface area (Å²) in [4.78, 5) is 2.60. The molecule has 6 nitrogen and oxygen atoms in total. The molecule has 0 unspecified atom stereocenters. The fourth-order valence-electron chi connectivity index (χ4n) is 1.15. The highest BCUT2D eigenvalue weighted by molar-refractivity contribution is 7.90. The van der Waals surface area contributed by atoms with Gasteiger partial charge in [-0.25, -0.2) is 12.8 Å². The van der Waals surface area contributed by atoms with Gasteiger partial charge < -0.3 is 4.74 Å². The van der Waals surface area contributed by atoms with Gasteiger partial charge in [0.1, 0.15) is 18.5 Å². The zero-order valence-electron chi connectivity index (χ0n) is 9.65. The predicted octanol–water partition coefficient (Wildman–Crippen LogP) is 2.12. The lowest BCUT2D eigenvalue weighted by atomic mass is 10.3. The summed E-state index contributed by atoms with van der Waals surface area (Å²) >= 11 is 0. The minimum Gasteiger partial charge on any atom is -0.491 e. The van der Waals surface area contributed by atoms with Crippen molar-refractivity contribution in [3.8, 4) is 5.75 Å². The molecule has 0 aromatic heterocycles. The summed E-state index contributed by atoms with van der Waals surface area (Å²) in [6.45, 7) is -0.546. The maximum Gasteiger partial charge on any atom is 0.175 e. The number of benzene rings is 1. The van der Waals surface area contributed by atoms with E-state index in [2.05, 4.69) is 10.0 Å². The third-order valence-corrected chi connectivity index (χ3v) is 3.15. The molecule has 0 fully saturated rings. The minimum atomic E-state index is -3.25. The largest absolute Gasteiger partial charge is 0.491 e. The van der Waals surface area contributed by atoms with Crippen molar-refractivity contribution in [1.29, 1.82) is 0 Å². The number of rotatable bonds is 6. The Bertz CT molecular complexity index is 538. The van der Waals surface area contributed by atoms with Crippen molar-refractivity contribution in [2.45, 2.75) is 11.1 Å². The molecule has 8 heteroatoms. The fourth-order valence-corrected chi connectivity index (χ4v) is 1.78. The Labute approximate surface area is 104 Å². The van der Waals surface area contributed by atoms with Gasteiger partial charge in [-0.2, -0.15) is 0 Å². The smallest absolute Gasteiger partial charge is 0.175 e. The summed E-state index contributed by atoms with van der Waals surface area (Å²) in [6.07, 6.45) is -0.295. The molecule has 0 aliphatic carbocycles. The quantitative estimate of drug-likeness (QED) is 0.451. The maximum absolute atomic E-state index is 13.1. The van der Waals surface area contributed by atoms with Crippen LogP contribution in [0, 0.1) is 0 Å². The SMILES string of the molecule is CS(=O)(=O)c1ccc(OC[C@@H](F)CN=[N+]=[N-])cc1. The van der Waals surface area contributed by atoms with Crippen molar-refractivity contribution < 1.29 is 17.5 Å². The molecule has 0 saturated carbocycles. The number of azide groups is 1. The lowest BCUT2D eigenvalue weighted by molar-refractivity contribution is 0.201. The van der Waals surface area contributed by atoms with E-state index in [1.807, 2.05) is 0 Å². The molecule has 0 aliphatic heterocycles. The van der Waals surface area contributed by atoms with Gasteiger partial charge in [0.2, 0.25) is 0 Å². The molecular formula is C10H12FN3O3S. The van der Waals surface area contributed by atoms with Crippen LogP contribution in [0.15, 0.2) is 34.3 Å². The van der Waals surface area contributed by atoms with Gasteiger partial charge in [0, 0.05) is 11.2 Å². The molecule has 1 aromatic carbocycles. The van der Waals surface area contributed by atoms with Gasteiger partial charge in [0.25, 0.3) is 0 Å². The number of halogens is 1. The van der Waals surface area contributed by atoms with Crippen molar-refractivity contribution >= 4 is 9.84 Å². The van der Waals surface area contributed by atoms with Crippen molar-refractivity contribution in [3.63, 3.8) is 0 Å². The molecular weight excluding hydrogens is 261 g/mol. The fraction of sp³-hybridized carbons (Fsp3) is 0.400. The van der Waals surface area contributed by atoms with Crippen LogP contribution >= 0.6 is 0 Å². The van der Waals surface area contributed by atoms with Crippen molar-refractivity contribution in [2.75, 3.05) is 19.4 Å². The van der Waals surface area contributed by atoms with Crippen molar-refractivity contribution in [2.24, 2.45) is 5.11 Å². The topological polar surface area (TPSA) is 92.1 Å². The Morgan fingerprint density at radius 2 is 2.06 bits per heavy atom. The second kappa shape index (κ2) is 6.23. The van der Waals surface area contributed by atoms with Crippen LogP contribution in [0.2, 0.25) is 0 Å². The van der Waals surface area contributed by atoms with E-state index >= 15 is 0 Å². The first kappa shape index (κ1) is 14.3. The normalized spacial score (nSPS) is 12.6. The van der Waals surface area contributed by atoms with Crippen LogP contribution in [0.1, 0.15) is 0 Å². The average Bonchev–Trinajstić information content (AvgIpc) is 2.33. The minimum absolute atomic E-state index is 0.167. The first-order valence-electron chi connectivity index (χ1n) is 5.01. The molecule has 0 aliphatic rings. The monoisotopic (exact) mass is 273 g/mol. The van der Waals surface area contributed by atoms with E-state index in [4.69, 9.17) is 10.3 Å². The lowest BCUT2D eigenvalue weighted by Crippen LogP contribution is -2.15. The second-order valence-corrected chi connectivity index (χ2v) is 5.58. The second-order valence-electron chi connectivity index (χ2n) is 3.57. The van der Waals surface area contributed by atoms with Gasteiger partial charge in [-0.1, -0.05) is 5.11 Å². The number of hydrogen-bond donors (Lipinski definition) is 0. The van der Waals surface area contributed by atoms with E-state index < -0.39 is 16.0 Å². The van der Waals surface area contributed by atoms with Crippen LogP contribution in [-0.2, 0) is 9.84 Å². The summed E-state index contributed by atoms with van der Waals surface area (Å²) in [5.41, 5.74) is 8.00. The number of alkyl halides is 1. The van der Waals surface area contributed by atoms with Gasteiger partial charge in [0.05, 0.1) is 11.4 Å². The molecule has 0 amide bonds. The van der Waals surface area contributed by atoms with Crippen LogP contribution in [0.4, 0.5) is 4.39 Å². The molecule has 98 valence electrons. The highest BCUT2D eigenvalue weighted by Gasteiger charge is 2.08. The zero-order valence-corrected chi connectivity index (χ0v) is 10.5. The molecule has 0 N–H and O–H groups in total. The highest BCUT2D eigenvalue weighted by atomic mass is 32.2. The Morgan fingerprint density at radius 3 is 2.56 bits per heavy atom. The van der Waals surface area contributed by atoms with Gasteiger partial charge in [-0.05, 0) is 29.8 Å².